The number of hydrogen-bond donors (Lipinski definition) is 1. The zero-order chi connectivity index (χ0) is 24.6. The molecule has 0 bridgehead atoms. The molecular weight excluding hydrogens is 474 g/mol. The zero-order valence-corrected chi connectivity index (χ0v) is 20.2. The van der Waals surface area contributed by atoms with Gasteiger partial charge in [-0.05, 0) is 55.1 Å². The molecule has 4 heterocycles. The summed E-state index contributed by atoms with van der Waals surface area (Å²) >= 11 is 1.21. The first kappa shape index (κ1) is 22.1. The Morgan fingerprint density at radius 3 is 2.75 bits per heavy atom. The van der Waals surface area contributed by atoms with Gasteiger partial charge in [0.15, 0.2) is 16.6 Å². The average molecular weight is 496 g/mol. The maximum atomic E-state index is 12.9. The number of ether oxygens (including phenoxy) is 1. The van der Waals surface area contributed by atoms with Crippen LogP contribution in [0.3, 0.4) is 0 Å². The highest BCUT2D eigenvalue weighted by atomic mass is 32.2. The van der Waals surface area contributed by atoms with Gasteiger partial charge < -0.3 is 13.7 Å². The molecule has 0 saturated heterocycles. The minimum absolute atomic E-state index is 0.0152. The van der Waals surface area contributed by atoms with Crippen molar-refractivity contribution >= 4 is 50.7 Å². The van der Waals surface area contributed by atoms with E-state index in [0.717, 1.165) is 22.2 Å². The van der Waals surface area contributed by atoms with Gasteiger partial charge in [0.1, 0.15) is 12.4 Å². The highest BCUT2D eigenvalue weighted by Crippen LogP contribution is 2.32. The molecule has 0 saturated carbocycles. The van der Waals surface area contributed by atoms with Crippen LogP contribution in [0.2, 0.25) is 0 Å². The molecule has 1 N–H and O–H groups in total. The number of hydrazone groups is 1. The van der Waals surface area contributed by atoms with E-state index in [1.165, 1.54) is 22.3 Å². The SMILES string of the molecule is Cc1ccc(OCCn2cc(/C=C3/C(=N)N4N=C(c5ccco5)SC4=NC3=O)c3ccccc32)cc1. The number of para-hydroxylation sites is 1. The number of carbonyl (C=O) groups is 1. The molecule has 178 valence electrons. The summed E-state index contributed by atoms with van der Waals surface area (Å²) in [6.45, 7) is 3.17. The summed E-state index contributed by atoms with van der Waals surface area (Å²) in [5, 5.41) is 16.4. The molecule has 2 aromatic carbocycles. The molecular formula is C27H21N5O3S. The maximum Gasteiger partial charge on any atom is 0.283 e. The molecule has 2 aliphatic heterocycles. The Labute approximate surface area is 211 Å². The average Bonchev–Trinajstić information content (AvgIpc) is 3.63. The third-order valence-electron chi connectivity index (χ3n) is 5.93. The molecule has 0 unspecified atom stereocenters. The Bertz CT molecular complexity index is 1580. The summed E-state index contributed by atoms with van der Waals surface area (Å²) in [7, 11) is 0. The lowest BCUT2D eigenvalue weighted by molar-refractivity contribution is -0.114. The molecule has 8 nitrogen and oxygen atoms in total. The second-order valence-electron chi connectivity index (χ2n) is 8.36. The number of amides is 1. The smallest absolute Gasteiger partial charge is 0.283 e. The van der Waals surface area contributed by atoms with Crippen LogP contribution in [-0.2, 0) is 11.3 Å². The number of aryl methyl sites for hydroxylation is 1. The van der Waals surface area contributed by atoms with Crippen molar-refractivity contribution in [2.45, 2.75) is 13.5 Å². The van der Waals surface area contributed by atoms with Crippen molar-refractivity contribution in [3.8, 4) is 5.75 Å². The highest BCUT2D eigenvalue weighted by Gasteiger charge is 2.36. The van der Waals surface area contributed by atoms with Crippen LogP contribution < -0.4 is 4.74 Å². The summed E-state index contributed by atoms with van der Waals surface area (Å²) in [5.74, 6) is 0.916. The lowest BCUT2D eigenvalue weighted by Crippen LogP contribution is -2.35. The van der Waals surface area contributed by atoms with Crippen LogP contribution in [0.1, 0.15) is 16.9 Å². The van der Waals surface area contributed by atoms with Crippen molar-refractivity contribution in [1.29, 1.82) is 5.41 Å². The first-order valence-corrected chi connectivity index (χ1v) is 12.2. The van der Waals surface area contributed by atoms with E-state index in [-0.39, 0.29) is 11.4 Å². The molecule has 36 heavy (non-hydrogen) atoms. The molecule has 0 spiro atoms. The Kier molecular flexibility index (Phi) is 5.54. The van der Waals surface area contributed by atoms with Crippen LogP contribution in [-0.4, -0.2) is 38.1 Å². The number of aliphatic imine (C=N–C) groups is 1. The molecule has 2 aromatic heterocycles. The lowest BCUT2D eigenvalue weighted by Gasteiger charge is -2.20. The fourth-order valence-corrected chi connectivity index (χ4v) is 4.98. The largest absolute Gasteiger partial charge is 0.492 e. The molecule has 9 heteroatoms. The molecule has 1 amide bonds. The molecule has 0 aliphatic carbocycles. The second kappa shape index (κ2) is 9.01. The monoisotopic (exact) mass is 495 g/mol. The fraction of sp³-hybridized carbons (Fsp3) is 0.111. The van der Waals surface area contributed by atoms with Gasteiger partial charge in [0, 0.05) is 22.7 Å². The summed E-state index contributed by atoms with van der Waals surface area (Å²) in [4.78, 5) is 17.1. The van der Waals surface area contributed by atoms with Gasteiger partial charge in [-0.2, -0.15) is 15.1 Å². The third-order valence-corrected chi connectivity index (χ3v) is 6.85. The van der Waals surface area contributed by atoms with Crippen molar-refractivity contribution in [2.75, 3.05) is 6.61 Å². The van der Waals surface area contributed by atoms with Crippen molar-refractivity contribution in [3.63, 3.8) is 0 Å². The standard InChI is InChI=1S/C27H21N5O3S/c1-17-8-10-19(11-9-17)34-14-12-31-16-18(20-5-2-3-6-22(20)31)15-21-24(28)32-27(29-25(21)33)36-26(30-32)23-7-4-13-35-23/h2-11,13,15-16,28H,12,14H2,1H3/b21-15-,28-24?. The number of amidine groups is 2. The quantitative estimate of drug-likeness (QED) is 0.367. The van der Waals surface area contributed by atoms with Gasteiger partial charge in [0.05, 0.1) is 18.4 Å². The summed E-state index contributed by atoms with van der Waals surface area (Å²) in [6, 6.07) is 19.5. The summed E-state index contributed by atoms with van der Waals surface area (Å²) in [6.07, 6.45) is 5.25. The highest BCUT2D eigenvalue weighted by molar-refractivity contribution is 8.27. The van der Waals surface area contributed by atoms with Crippen LogP contribution in [0, 0.1) is 12.3 Å². The Morgan fingerprint density at radius 1 is 1.11 bits per heavy atom. The Morgan fingerprint density at radius 2 is 1.94 bits per heavy atom. The molecule has 0 fully saturated rings. The molecule has 4 aromatic rings. The number of rotatable bonds is 6. The van der Waals surface area contributed by atoms with Crippen molar-refractivity contribution in [3.05, 3.63) is 95.6 Å². The topological polar surface area (TPSA) is 96.2 Å². The Balaban J connectivity index is 1.28. The molecule has 0 atom stereocenters. The van der Waals surface area contributed by atoms with Crippen LogP contribution >= 0.6 is 11.8 Å². The zero-order valence-electron chi connectivity index (χ0n) is 19.3. The predicted molar refractivity (Wildman–Crippen MR) is 141 cm³/mol. The maximum absolute atomic E-state index is 12.9. The van der Waals surface area contributed by atoms with Gasteiger partial charge in [-0.25, -0.2) is 0 Å². The fourth-order valence-electron chi connectivity index (χ4n) is 4.12. The van der Waals surface area contributed by atoms with Crippen molar-refractivity contribution in [2.24, 2.45) is 10.1 Å². The van der Waals surface area contributed by atoms with Crippen LogP contribution in [0.15, 0.2) is 93.2 Å². The second-order valence-corrected chi connectivity index (χ2v) is 9.31. The number of nitrogens with zero attached hydrogens (tertiary/aromatic N) is 4. The number of thioether (sulfide) groups is 1. The van der Waals surface area contributed by atoms with Gasteiger partial charge in [-0.1, -0.05) is 35.9 Å². The van der Waals surface area contributed by atoms with E-state index in [9.17, 15) is 4.79 Å². The Hall–Kier alpha value is -4.37. The minimum atomic E-state index is -0.464. The number of hydrogen-bond acceptors (Lipinski definition) is 6. The number of carbonyl (C=O) groups excluding carboxylic acids is 1. The van der Waals surface area contributed by atoms with E-state index in [4.69, 9.17) is 14.6 Å². The van der Waals surface area contributed by atoms with Crippen molar-refractivity contribution in [1.82, 2.24) is 9.58 Å². The van der Waals surface area contributed by atoms with Gasteiger partial charge in [-0.3, -0.25) is 10.2 Å². The number of aromatic nitrogens is 1. The molecule has 0 radical (unpaired) electrons. The van der Waals surface area contributed by atoms with Crippen molar-refractivity contribution < 1.29 is 13.9 Å². The minimum Gasteiger partial charge on any atom is -0.492 e. The van der Waals surface area contributed by atoms with E-state index in [0.29, 0.717) is 29.1 Å². The van der Waals surface area contributed by atoms with E-state index in [2.05, 4.69) is 14.7 Å². The van der Waals surface area contributed by atoms with Gasteiger partial charge in [0.25, 0.3) is 5.91 Å². The first-order chi connectivity index (χ1) is 17.6. The molecule has 2 aliphatic rings. The van der Waals surface area contributed by atoms with Crippen LogP contribution in [0.4, 0.5) is 0 Å². The third kappa shape index (κ3) is 4.03. The summed E-state index contributed by atoms with van der Waals surface area (Å²) in [5.41, 5.74) is 3.22. The number of benzene rings is 2. The van der Waals surface area contributed by atoms with E-state index < -0.39 is 5.91 Å². The van der Waals surface area contributed by atoms with E-state index in [1.54, 1.807) is 24.5 Å². The van der Waals surface area contributed by atoms with Crippen LogP contribution in [0.25, 0.3) is 17.0 Å². The first-order valence-electron chi connectivity index (χ1n) is 11.4. The number of furan rings is 1. The normalized spacial score (nSPS) is 16.5. The van der Waals surface area contributed by atoms with E-state index >= 15 is 0 Å². The predicted octanol–water partition coefficient (Wildman–Crippen LogP) is 5.29. The lowest BCUT2D eigenvalue weighted by atomic mass is 10.1. The van der Waals surface area contributed by atoms with Crippen LogP contribution in [0.5, 0.6) is 5.75 Å². The van der Waals surface area contributed by atoms with E-state index in [1.807, 2.05) is 61.7 Å². The number of nitrogens with one attached hydrogen (secondary N) is 1. The van der Waals surface area contributed by atoms with Gasteiger partial charge >= 0.3 is 0 Å². The molecule has 6 rings (SSSR count). The summed E-state index contributed by atoms with van der Waals surface area (Å²) < 4.78 is 13.4. The van der Waals surface area contributed by atoms with Gasteiger partial charge in [-0.15, -0.1) is 0 Å². The number of fused-ring (bicyclic) bond motifs is 2. The van der Waals surface area contributed by atoms with Gasteiger partial charge in [0.2, 0.25) is 5.17 Å².